The number of nitrogens with one attached hydrogen (secondary N) is 1. The lowest BCUT2D eigenvalue weighted by Gasteiger charge is -2.33. The van der Waals surface area contributed by atoms with Crippen molar-refractivity contribution in [2.45, 2.75) is 31.2 Å². The lowest BCUT2D eigenvalue weighted by molar-refractivity contribution is 0.0292. The van der Waals surface area contributed by atoms with E-state index in [1.165, 1.54) is 12.0 Å². The molecule has 2 aliphatic heterocycles. The molecule has 0 bridgehead atoms. The Morgan fingerprint density at radius 2 is 1.96 bits per heavy atom. The van der Waals surface area contributed by atoms with E-state index in [-0.39, 0.29) is 6.03 Å². The smallest absolute Gasteiger partial charge is 0.317 e. The van der Waals surface area contributed by atoms with Crippen LogP contribution in [0, 0.1) is 5.92 Å². The van der Waals surface area contributed by atoms with Crippen molar-refractivity contribution in [3.63, 3.8) is 0 Å². The Labute approximate surface area is 150 Å². The number of hydrogen-bond acceptors (Lipinski definition) is 3. The van der Waals surface area contributed by atoms with Crippen LogP contribution in [0.15, 0.2) is 30.3 Å². The molecule has 1 aromatic carbocycles. The highest BCUT2D eigenvalue weighted by Crippen LogP contribution is 2.46. The minimum Gasteiger partial charge on any atom is -0.379 e. The summed E-state index contributed by atoms with van der Waals surface area (Å²) in [5.74, 6) is 1.23. The van der Waals surface area contributed by atoms with Gasteiger partial charge in [-0.25, -0.2) is 4.79 Å². The monoisotopic (exact) mass is 343 g/mol. The zero-order valence-electron chi connectivity index (χ0n) is 14.9. The number of hydrogen-bond donors (Lipinski definition) is 1. The van der Waals surface area contributed by atoms with Gasteiger partial charge in [0.15, 0.2) is 0 Å². The Kier molecular flexibility index (Phi) is 5.22. The van der Waals surface area contributed by atoms with Gasteiger partial charge in [0.25, 0.3) is 0 Å². The number of benzene rings is 1. The van der Waals surface area contributed by atoms with Crippen LogP contribution in [-0.2, 0) is 4.74 Å². The molecule has 2 heterocycles. The van der Waals surface area contributed by atoms with Gasteiger partial charge in [0.1, 0.15) is 0 Å². The molecule has 2 saturated heterocycles. The molecule has 25 heavy (non-hydrogen) atoms. The van der Waals surface area contributed by atoms with Crippen molar-refractivity contribution in [1.82, 2.24) is 15.1 Å². The second-order valence-corrected chi connectivity index (χ2v) is 7.60. The molecular weight excluding hydrogens is 314 g/mol. The molecule has 5 nitrogen and oxygen atoms in total. The molecule has 1 saturated carbocycles. The SMILES string of the molecule is O=C(NC[C@@H]1C[C@@H]1c1ccccc1)N1CCC[C@@H]1CN1CCOCC1. The van der Waals surface area contributed by atoms with Crippen LogP contribution in [0.1, 0.15) is 30.7 Å². The van der Waals surface area contributed by atoms with E-state index in [0.717, 1.165) is 58.8 Å². The predicted molar refractivity (Wildman–Crippen MR) is 97.7 cm³/mol. The lowest BCUT2D eigenvalue weighted by Crippen LogP contribution is -2.49. The van der Waals surface area contributed by atoms with E-state index in [9.17, 15) is 4.79 Å². The van der Waals surface area contributed by atoms with Gasteiger partial charge in [0.2, 0.25) is 0 Å². The molecule has 3 aliphatic rings. The quantitative estimate of drug-likeness (QED) is 0.892. The Hall–Kier alpha value is -1.59. The summed E-state index contributed by atoms with van der Waals surface area (Å²) in [6.45, 7) is 6.32. The normalized spacial score (nSPS) is 29.6. The third-order valence-electron chi connectivity index (χ3n) is 5.88. The number of morpholine rings is 1. The van der Waals surface area contributed by atoms with E-state index < -0.39 is 0 Å². The lowest BCUT2D eigenvalue weighted by atomic mass is 10.1. The molecule has 136 valence electrons. The van der Waals surface area contributed by atoms with Gasteiger partial charge in [0.05, 0.1) is 13.2 Å². The van der Waals surface area contributed by atoms with Crippen LogP contribution in [0.3, 0.4) is 0 Å². The fraction of sp³-hybridized carbons (Fsp3) is 0.650. The Balaban J connectivity index is 1.23. The van der Waals surface area contributed by atoms with E-state index in [2.05, 4.69) is 45.4 Å². The molecule has 3 atom stereocenters. The summed E-state index contributed by atoms with van der Waals surface area (Å²) in [6.07, 6.45) is 3.45. The maximum absolute atomic E-state index is 12.6. The molecule has 5 heteroatoms. The van der Waals surface area contributed by atoms with E-state index in [1.807, 2.05) is 0 Å². The summed E-state index contributed by atoms with van der Waals surface area (Å²) in [6, 6.07) is 11.2. The van der Waals surface area contributed by atoms with Gasteiger partial charge in [0, 0.05) is 38.8 Å². The van der Waals surface area contributed by atoms with Gasteiger partial charge in [-0.3, -0.25) is 4.90 Å². The van der Waals surface area contributed by atoms with Gasteiger partial charge in [-0.15, -0.1) is 0 Å². The van der Waals surface area contributed by atoms with Gasteiger partial charge >= 0.3 is 6.03 Å². The molecule has 1 N–H and O–H groups in total. The largest absolute Gasteiger partial charge is 0.379 e. The van der Waals surface area contributed by atoms with Crippen LogP contribution >= 0.6 is 0 Å². The van der Waals surface area contributed by atoms with Crippen molar-refractivity contribution in [3.8, 4) is 0 Å². The number of ether oxygens (including phenoxy) is 1. The minimum absolute atomic E-state index is 0.134. The van der Waals surface area contributed by atoms with Gasteiger partial charge in [-0.1, -0.05) is 30.3 Å². The van der Waals surface area contributed by atoms with Crippen molar-refractivity contribution in [3.05, 3.63) is 35.9 Å². The van der Waals surface area contributed by atoms with Crippen LogP contribution in [0.5, 0.6) is 0 Å². The standard InChI is InChI=1S/C20H29N3O2/c24-20(21-14-17-13-19(17)16-5-2-1-3-6-16)23-8-4-7-18(23)15-22-9-11-25-12-10-22/h1-3,5-6,17-19H,4,7-15H2,(H,21,24)/t17-,18+,19+/m0/s1. The van der Waals surface area contributed by atoms with Gasteiger partial charge < -0.3 is 15.0 Å². The molecule has 0 spiro atoms. The molecule has 0 unspecified atom stereocenters. The van der Waals surface area contributed by atoms with Crippen LogP contribution in [0.25, 0.3) is 0 Å². The number of rotatable bonds is 5. The molecule has 0 aromatic heterocycles. The zero-order chi connectivity index (χ0) is 17.1. The van der Waals surface area contributed by atoms with Gasteiger partial charge in [-0.05, 0) is 36.7 Å². The first-order valence-electron chi connectivity index (χ1n) is 9.71. The van der Waals surface area contributed by atoms with E-state index in [4.69, 9.17) is 4.74 Å². The van der Waals surface area contributed by atoms with Crippen molar-refractivity contribution in [2.24, 2.45) is 5.92 Å². The van der Waals surface area contributed by atoms with Crippen LogP contribution in [0.2, 0.25) is 0 Å². The minimum atomic E-state index is 0.134. The highest BCUT2D eigenvalue weighted by molar-refractivity contribution is 5.75. The third kappa shape index (κ3) is 4.15. The number of nitrogens with zero attached hydrogens (tertiary/aromatic N) is 2. The molecule has 2 amide bonds. The van der Waals surface area contributed by atoms with E-state index >= 15 is 0 Å². The zero-order valence-corrected chi connectivity index (χ0v) is 14.9. The summed E-state index contributed by atoms with van der Waals surface area (Å²) in [4.78, 5) is 17.1. The molecule has 0 radical (unpaired) electrons. The Bertz CT molecular complexity index is 574. The molecule has 1 aliphatic carbocycles. The average molecular weight is 343 g/mol. The first-order valence-corrected chi connectivity index (χ1v) is 9.71. The first kappa shape index (κ1) is 16.9. The van der Waals surface area contributed by atoms with E-state index in [0.29, 0.717) is 17.9 Å². The molecular formula is C20H29N3O2. The van der Waals surface area contributed by atoms with Crippen LogP contribution in [0.4, 0.5) is 4.79 Å². The summed E-state index contributed by atoms with van der Waals surface area (Å²) in [7, 11) is 0. The molecule has 1 aromatic rings. The van der Waals surface area contributed by atoms with E-state index in [1.54, 1.807) is 0 Å². The fourth-order valence-corrected chi connectivity index (χ4v) is 4.28. The van der Waals surface area contributed by atoms with Crippen molar-refractivity contribution in [2.75, 3.05) is 45.9 Å². The maximum atomic E-state index is 12.6. The summed E-state index contributed by atoms with van der Waals surface area (Å²) in [5.41, 5.74) is 1.41. The second-order valence-electron chi connectivity index (χ2n) is 7.60. The van der Waals surface area contributed by atoms with Gasteiger partial charge in [-0.2, -0.15) is 0 Å². The number of carbonyl (C=O) groups excluding carboxylic acids is 1. The van der Waals surface area contributed by atoms with Crippen molar-refractivity contribution < 1.29 is 9.53 Å². The average Bonchev–Trinajstić information content (AvgIpc) is 3.30. The fourth-order valence-electron chi connectivity index (χ4n) is 4.28. The highest BCUT2D eigenvalue weighted by Gasteiger charge is 2.39. The predicted octanol–water partition coefficient (Wildman–Crippen LogP) is 2.30. The maximum Gasteiger partial charge on any atom is 0.317 e. The summed E-state index contributed by atoms with van der Waals surface area (Å²) < 4.78 is 5.42. The number of carbonyl (C=O) groups is 1. The summed E-state index contributed by atoms with van der Waals surface area (Å²) >= 11 is 0. The molecule has 4 rings (SSSR count). The topological polar surface area (TPSA) is 44.8 Å². The first-order chi connectivity index (χ1) is 12.3. The second kappa shape index (κ2) is 7.75. The Morgan fingerprint density at radius 3 is 2.76 bits per heavy atom. The third-order valence-corrected chi connectivity index (χ3v) is 5.88. The van der Waals surface area contributed by atoms with Crippen LogP contribution in [-0.4, -0.2) is 67.8 Å². The molecule has 3 fully saturated rings. The van der Waals surface area contributed by atoms with Crippen molar-refractivity contribution in [1.29, 1.82) is 0 Å². The highest BCUT2D eigenvalue weighted by atomic mass is 16.5. The van der Waals surface area contributed by atoms with Crippen LogP contribution < -0.4 is 5.32 Å². The summed E-state index contributed by atoms with van der Waals surface area (Å²) in [5, 5.41) is 3.20. The van der Waals surface area contributed by atoms with Crippen molar-refractivity contribution >= 4 is 6.03 Å². The number of urea groups is 1. The number of likely N-dealkylation sites (tertiary alicyclic amines) is 1. The Morgan fingerprint density at radius 1 is 1.16 bits per heavy atom. The number of amides is 2.